The number of carboxylic acid groups (broad SMARTS) is 1. The van der Waals surface area contributed by atoms with E-state index in [1.165, 1.54) is 35.3 Å². The van der Waals surface area contributed by atoms with E-state index in [0.29, 0.717) is 10.5 Å². The van der Waals surface area contributed by atoms with E-state index in [1.54, 1.807) is 32.0 Å². The van der Waals surface area contributed by atoms with Gasteiger partial charge in [-0.3, -0.25) is 14.4 Å². The summed E-state index contributed by atoms with van der Waals surface area (Å²) in [6, 6.07) is 15.4. The van der Waals surface area contributed by atoms with Crippen molar-refractivity contribution in [3.63, 3.8) is 0 Å². The normalized spacial score (nSPS) is 25.6. The second-order valence-electron chi connectivity index (χ2n) is 8.26. The van der Waals surface area contributed by atoms with E-state index in [0.717, 1.165) is 4.90 Å². The molecule has 2 aliphatic rings. The first-order valence-corrected chi connectivity index (χ1v) is 11.7. The van der Waals surface area contributed by atoms with Crippen molar-refractivity contribution in [2.24, 2.45) is 0 Å². The van der Waals surface area contributed by atoms with Gasteiger partial charge in [0.2, 0.25) is 5.54 Å². The zero-order valence-electron chi connectivity index (χ0n) is 17.7. The number of nitrogens with one attached hydrogen (secondary N) is 1. The van der Waals surface area contributed by atoms with Gasteiger partial charge in [-0.05, 0) is 45.0 Å². The molecule has 32 heavy (non-hydrogen) atoms. The standard InChI is InChI=1S/C23H22N2O5S2/c1-13(26)23(20(30)25-17(19(28)29)22(2,3)32-21(23)25)24-18(27)15-11-7-8-12-16(15)31-14-9-5-4-6-10-14/h4-12,17,21H,1-3H3,(H,24,27)(H,28,29)/t17-,21+,23?/m0/s1. The molecule has 0 bridgehead atoms. The minimum atomic E-state index is -1.78. The Balaban J connectivity index is 1.65. The lowest BCUT2D eigenvalue weighted by molar-refractivity contribution is -0.170. The number of carboxylic acids is 1. The van der Waals surface area contributed by atoms with Crippen molar-refractivity contribution >= 4 is 47.1 Å². The molecule has 2 fully saturated rings. The van der Waals surface area contributed by atoms with Crippen molar-refractivity contribution in [2.75, 3.05) is 0 Å². The second kappa shape index (κ2) is 7.97. The summed E-state index contributed by atoms with van der Waals surface area (Å²) < 4.78 is -0.810. The zero-order chi connectivity index (χ0) is 23.3. The van der Waals surface area contributed by atoms with E-state index in [-0.39, 0.29) is 0 Å². The van der Waals surface area contributed by atoms with Crippen LogP contribution in [0.5, 0.6) is 0 Å². The van der Waals surface area contributed by atoms with E-state index in [4.69, 9.17) is 0 Å². The van der Waals surface area contributed by atoms with Crippen molar-refractivity contribution in [1.82, 2.24) is 10.2 Å². The van der Waals surface area contributed by atoms with Gasteiger partial charge in [0.15, 0.2) is 5.78 Å². The number of nitrogens with zero attached hydrogens (tertiary/aromatic N) is 1. The van der Waals surface area contributed by atoms with E-state index < -0.39 is 45.3 Å². The summed E-state index contributed by atoms with van der Waals surface area (Å²) in [5.41, 5.74) is -1.45. The molecule has 166 valence electrons. The average Bonchev–Trinajstić information content (AvgIpc) is 3.01. The maximum absolute atomic E-state index is 13.3. The van der Waals surface area contributed by atoms with E-state index in [9.17, 15) is 24.3 Å². The molecular weight excluding hydrogens is 448 g/mol. The molecule has 7 nitrogen and oxygen atoms in total. The first-order valence-electron chi connectivity index (χ1n) is 9.98. The lowest BCUT2D eigenvalue weighted by Gasteiger charge is -2.51. The Bertz CT molecular complexity index is 1120. The summed E-state index contributed by atoms with van der Waals surface area (Å²) in [4.78, 5) is 53.8. The molecule has 1 unspecified atom stereocenters. The largest absolute Gasteiger partial charge is 0.480 e. The summed E-state index contributed by atoms with van der Waals surface area (Å²) in [5.74, 6) is -2.88. The monoisotopic (exact) mass is 470 g/mol. The van der Waals surface area contributed by atoms with Gasteiger partial charge in [-0.15, -0.1) is 11.8 Å². The van der Waals surface area contributed by atoms with Crippen LogP contribution >= 0.6 is 23.5 Å². The van der Waals surface area contributed by atoms with Gasteiger partial charge in [0.25, 0.3) is 11.8 Å². The fraction of sp³-hybridized carbons (Fsp3) is 0.304. The number of β-lactam (4-membered cyclic amide) rings is 1. The molecule has 0 spiro atoms. The van der Waals surface area contributed by atoms with Crippen LogP contribution in [-0.2, 0) is 14.4 Å². The first kappa shape index (κ1) is 22.4. The molecular formula is C23H22N2O5S2. The summed E-state index contributed by atoms with van der Waals surface area (Å²) in [6.07, 6.45) is 0. The Morgan fingerprint density at radius 1 is 1.06 bits per heavy atom. The van der Waals surface area contributed by atoms with E-state index in [1.807, 2.05) is 36.4 Å². The average molecular weight is 471 g/mol. The highest BCUT2D eigenvalue weighted by Gasteiger charge is 2.74. The summed E-state index contributed by atoms with van der Waals surface area (Å²) in [7, 11) is 0. The van der Waals surface area contributed by atoms with Gasteiger partial charge in [0.05, 0.1) is 5.56 Å². The Kier molecular flexibility index (Phi) is 5.58. The lowest BCUT2D eigenvalue weighted by Crippen LogP contribution is -2.82. The Morgan fingerprint density at radius 3 is 2.31 bits per heavy atom. The fourth-order valence-electron chi connectivity index (χ4n) is 4.19. The molecule has 2 aliphatic heterocycles. The predicted octanol–water partition coefficient (Wildman–Crippen LogP) is 3.04. The number of hydrogen-bond donors (Lipinski definition) is 2. The smallest absolute Gasteiger partial charge is 0.327 e. The lowest BCUT2D eigenvalue weighted by atomic mass is 9.81. The van der Waals surface area contributed by atoms with Crippen molar-refractivity contribution in [2.45, 2.75) is 52.3 Å². The number of amides is 2. The first-order chi connectivity index (χ1) is 15.1. The van der Waals surface area contributed by atoms with Gasteiger partial charge in [0, 0.05) is 14.5 Å². The minimum Gasteiger partial charge on any atom is -0.480 e. The number of hydrogen-bond acceptors (Lipinski definition) is 6. The second-order valence-corrected chi connectivity index (χ2v) is 11.1. The Hall–Kier alpha value is -2.78. The molecule has 0 aliphatic carbocycles. The van der Waals surface area contributed by atoms with Gasteiger partial charge >= 0.3 is 5.97 Å². The van der Waals surface area contributed by atoms with Gasteiger partial charge in [-0.1, -0.05) is 42.1 Å². The van der Waals surface area contributed by atoms with Crippen LogP contribution in [0.15, 0.2) is 64.4 Å². The van der Waals surface area contributed by atoms with Crippen LogP contribution < -0.4 is 5.32 Å². The van der Waals surface area contributed by atoms with Crippen LogP contribution in [0.3, 0.4) is 0 Å². The maximum atomic E-state index is 13.3. The number of carbonyl (C=O) groups is 4. The van der Waals surface area contributed by atoms with Crippen LogP contribution in [0.1, 0.15) is 31.1 Å². The van der Waals surface area contributed by atoms with Crippen LogP contribution in [0.2, 0.25) is 0 Å². The van der Waals surface area contributed by atoms with Crippen molar-refractivity contribution in [3.05, 3.63) is 60.2 Å². The number of ketones is 1. The fourth-order valence-corrected chi connectivity index (χ4v) is 6.91. The Morgan fingerprint density at radius 2 is 1.69 bits per heavy atom. The predicted molar refractivity (Wildman–Crippen MR) is 122 cm³/mol. The number of rotatable bonds is 6. The topological polar surface area (TPSA) is 104 Å². The molecule has 2 aromatic rings. The maximum Gasteiger partial charge on any atom is 0.327 e. The molecule has 2 heterocycles. The number of fused-ring (bicyclic) bond motifs is 1. The molecule has 0 aromatic heterocycles. The molecule has 2 aromatic carbocycles. The number of thioether (sulfide) groups is 1. The van der Waals surface area contributed by atoms with Crippen LogP contribution in [0.4, 0.5) is 0 Å². The zero-order valence-corrected chi connectivity index (χ0v) is 19.3. The third-order valence-corrected chi connectivity index (χ3v) is 8.47. The molecule has 2 saturated heterocycles. The van der Waals surface area contributed by atoms with Gasteiger partial charge < -0.3 is 15.3 Å². The highest BCUT2D eigenvalue weighted by atomic mass is 32.2. The van der Waals surface area contributed by atoms with E-state index in [2.05, 4.69) is 5.32 Å². The third-order valence-electron chi connectivity index (χ3n) is 5.75. The molecule has 2 amide bonds. The molecule has 9 heteroatoms. The molecule has 4 rings (SSSR count). The summed E-state index contributed by atoms with van der Waals surface area (Å²) >= 11 is 2.62. The van der Waals surface area contributed by atoms with Crippen molar-refractivity contribution < 1.29 is 24.3 Å². The third kappa shape index (κ3) is 3.40. The molecule has 3 atom stereocenters. The van der Waals surface area contributed by atoms with Gasteiger partial charge in [-0.2, -0.15) is 0 Å². The highest BCUT2D eigenvalue weighted by molar-refractivity contribution is 8.01. The number of aliphatic carboxylic acids is 1. The number of carbonyl (C=O) groups excluding carboxylic acids is 3. The number of Topliss-reactive ketones (excluding diaryl/α,β-unsaturated/α-hetero) is 1. The molecule has 2 N–H and O–H groups in total. The SMILES string of the molecule is CC(=O)C1(NC(=O)c2ccccc2Sc2ccccc2)C(=O)N2[C@@H](C(=O)O)C(C)(C)S[C@@H]21. The van der Waals surface area contributed by atoms with Gasteiger partial charge in [-0.25, -0.2) is 4.79 Å². The number of benzene rings is 2. The van der Waals surface area contributed by atoms with Crippen molar-refractivity contribution in [3.8, 4) is 0 Å². The summed E-state index contributed by atoms with van der Waals surface area (Å²) in [5, 5.41) is 11.6. The minimum absolute atomic E-state index is 0.338. The summed E-state index contributed by atoms with van der Waals surface area (Å²) in [6.45, 7) is 4.70. The Labute approximate surface area is 193 Å². The molecule has 0 radical (unpaired) electrons. The van der Waals surface area contributed by atoms with E-state index >= 15 is 0 Å². The van der Waals surface area contributed by atoms with Crippen molar-refractivity contribution in [1.29, 1.82) is 0 Å². The quantitative estimate of drug-likeness (QED) is 0.494. The van der Waals surface area contributed by atoms with Crippen LogP contribution in [0, 0.1) is 0 Å². The molecule has 0 saturated carbocycles. The van der Waals surface area contributed by atoms with Gasteiger partial charge in [0.1, 0.15) is 11.4 Å². The van der Waals surface area contributed by atoms with Crippen LogP contribution in [-0.4, -0.2) is 55.3 Å². The van der Waals surface area contributed by atoms with Crippen LogP contribution in [0.25, 0.3) is 0 Å². The highest BCUT2D eigenvalue weighted by Crippen LogP contribution is 2.55.